The predicted octanol–water partition coefficient (Wildman–Crippen LogP) is -3.83. The van der Waals surface area contributed by atoms with Crippen LogP contribution in [0.15, 0.2) is 16.5 Å². The monoisotopic (exact) mass is 362 g/mol. The van der Waals surface area contributed by atoms with Crippen LogP contribution in [0.5, 0.6) is 0 Å². The van der Waals surface area contributed by atoms with Gasteiger partial charge in [0.05, 0.1) is 39.6 Å². The highest BCUT2D eigenvalue weighted by Crippen LogP contribution is 2.12. The predicted molar refractivity (Wildman–Crippen MR) is 81.6 cm³/mol. The third kappa shape index (κ3) is 4.75. The highest BCUT2D eigenvalue weighted by atomic mass is 16.4. The molecular formula is C14H22N2O9. The van der Waals surface area contributed by atoms with Crippen molar-refractivity contribution >= 4 is 11.8 Å². The molecule has 11 nitrogen and oxygen atoms in total. The van der Waals surface area contributed by atoms with Crippen LogP contribution in [-0.4, -0.2) is 93.2 Å². The molecule has 1 aromatic heterocycles. The van der Waals surface area contributed by atoms with Crippen molar-refractivity contribution in [2.45, 2.75) is 11.1 Å². The summed E-state index contributed by atoms with van der Waals surface area (Å²) in [7, 11) is 0. The maximum atomic E-state index is 12.0. The zero-order valence-electron chi connectivity index (χ0n) is 13.3. The molecular weight excluding hydrogens is 340 g/mol. The number of rotatable bonds is 10. The molecule has 1 aromatic rings. The van der Waals surface area contributed by atoms with Gasteiger partial charge in [0.1, 0.15) is 11.1 Å². The lowest BCUT2D eigenvalue weighted by atomic mass is 10.0. The van der Waals surface area contributed by atoms with Crippen LogP contribution in [0.3, 0.4) is 0 Å². The maximum Gasteiger partial charge on any atom is 0.287 e. The summed E-state index contributed by atoms with van der Waals surface area (Å²) in [5.41, 5.74) is -3.32. The minimum absolute atomic E-state index is 0.340. The Kier molecular flexibility index (Phi) is 7.48. The number of hydrogen-bond donors (Lipinski definition) is 8. The molecule has 0 aliphatic heterocycles. The van der Waals surface area contributed by atoms with E-state index in [1.165, 1.54) is 0 Å². The van der Waals surface area contributed by atoms with Crippen molar-refractivity contribution in [1.29, 1.82) is 0 Å². The zero-order valence-corrected chi connectivity index (χ0v) is 13.3. The fourth-order valence-electron chi connectivity index (χ4n) is 1.72. The van der Waals surface area contributed by atoms with E-state index in [-0.39, 0.29) is 11.5 Å². The summed E-state index contributed by atoms with van der Waals surface area (Å²) in [4.78, 5) is 24.1. The molecule has 1 rings (SSSR count). The van der Waals surface area contributed by atoms with E-state index in [1.807, 2.05) is 0 Å². The van der Waals surface area contributed by atoms with E-state index in [1.54, 1.807) is 0 Å². The first-order chi connectivity index (χ1) is 11.8. The summed E-state index contributed by atoms with van der Waals surface area (Å²) in [6.07, 6.45) is 0. The zero-order chi connectivity index (χ0) is 19.1. The minimum Gasteiger partial charge on any atom is -0.446 e. The van der Waals surface area contributed by atoms with E-state index < -0.39 is 62.5 Å². The fourth-order valence-corrected chi connectivity index (χ4v) is 1.72. The lowest BCUT2D eigenvalue weighted by molar-refractivity contribution is 0.0349. The van der Waals surface area contributed by atoms with E-state index in [2.05, 4.69) is 10.6 Å². The molecule has 0 saturated carbocycles. The number of amides is 2. The topological polar surface area (TPSA) is 193 Å². The third-order valence-electron chi connectivity index (χ3n) is 3.63. The Morgan fingerprint density at radius 2 is 1.00 bits per heavy atom. The van der Waals surface area contributed by atoms with E-state index in [9.17, 15) is 40.2 Å². The van der Waals surface area contributed by atoms with Crippen molar-refractivity contribution in [1.82, 2.24) is 10.6 Å². The van der Waals surface area contributed by atoms with Gasteiger partial charge < -0.3 is 45.7 Å². The molecule has 2 amide bonds. The van der Waals surface area contributed by atoms with E-state index in [4.69, 9.17) is 4.42 Å². The van der Waals surface area contributed by atoms with Crippen LogP contribution in [0.25, 0.3) is 0 Å². The molecule has 142 valence electrons. The second kappa shape index (κ2) is 8.89. The standard InChI is InChI=1S/C14H22N2O9/c17-3-13(4-18,5-19)15-11(23)9-1-2-10(25-9)12(24)16-14(6-20,7-21)8-22/h1-2,17-22H,3-8H2,(H,15,23)(H,16,24). The van der Waals surface area contributed by atoms with Gasteiger partial charge in [-0.2, -0.15) is 0 Å². The molecule has 11 heteroatoms. The van der Waals surface area contributed by atoms with Gasteiger partial charge in [-0.1, -0.05) is 0 Å². The molecule has 25 heavy (non-hydrogen) atoms. The second-order valence-electron chi connectivity index (χ2n) is 5.58. The highest BCUT2D eigenvalue weighted by molar-refractivity contribution is 5.96. The number of aliphatic hydroxyl groups excluding tert-OH is 6. The van der Waals surface area contributed by atoms with E-state index in [0.717, 1.165) is 12.1 Å². The van der Waals surface area contributed by atoms with E-state index in [0.29, 0.717) is 0 Å². The van der Waals surface area contributed by atoms with Gasteiger partial charge in [0.25, 0.3) is 11.8 Å². The Bertz CT molecular complexity index is 514. The van der Waals surface area contributed by atoms with Crippen molar-refractivity contribution in [3.8, 4) is 0 Å². The average molecular weight is 362 g/mol. The number of hydrogen-bond acceptors (Lipinski definition) is 9. The Morgan fingerprint density at radius 1 is 0.720 bits per heavy atom. The molecule has 8 N–H and O–H groups in total. The third-order valence-corrected chi connectivity index (χ3v) is 3.63. The molecule has 0 aliphatic rings. The summed E-state index contributed by atoms with van der Waals surface area (Å²) in [6.45, 7) is -4.38. The highest BCUT2D eigenvalue weighted by Gasteiger charge is 2.33. The van der Waals surface area contributed by atoms with Crippen LogP contribution in [0, 0.1) is 0 Å². The van der Waals surface area contributed by atoms with Crippen molar-refractivity contribution in [2.75, 3.05) is 39.6 Å². The number of nitrogens with one attached hydrogen (secondary N) is 2. The average Bonchev–Trinajstić information content (AvgIpc) is 3.15. The van der Waals surface area contributed by atoms with Crippen LogP contribution in [0.2, 0.25) is 0 Å². The van der Waals surface area contributed by atoms with Crippen LogP contribution < -0.4 is 10.6 Å². The van der Waals surface area contributed by atoms with Gasteiger partial charge in [0.15, 0.2) is 11.5 Å². The van der Waals surface area contributed by atoms with Crippen molar-refractivity contribution in [3.05, 3.63) is 23.7 Å². The molecule has 0 aromatic carbocycles. The van der Waals surface area contributed by atoms with E-state index >= 15 is 0 Å². The van der Waals surface area contributed by atoms with Crippen molar-refractivity contribution < 1.29 is 44.6 Å². The summed E-state index contributed by atoms with van der Waals surface area (Å²) in [5.74, 6) is -2.47. The van der Waals surface area contributed by atoms with Gasteiger partial charge in [-0.3, -0.25) is 9.59 Å². The second-order valence-corrected chi connectivity index (χ2v) is 5.58. The lowest BCUT2D eigenvalue weighted by Crippen LogP contribution is -2.57. The van der Waals surface area contributed by atoms with Crippen LogP contribution in [-0.2, 0) is 0 Å². The van der Waals surface area contributed by atoms with Gasteiger partial charge in [0, 0.05) is 0 Å². The SMILES string of the molecule is O=C(NC(CO)(CO)CO)c1ccc(C(=O)NC(CO)(CO)CO)o1. The summed E-state index contributed by atoms with van der Waals surface area (Å²) in [6, 6.07) is 2.28. The molecule has 0 saturated heterocycles. The Hall–Kier alpha value is -2.02. The van der Waals surface area contributed by atoms with Gasteiger partial charge >= 0.3 is 0 Å². The van der Waals surface area contributed by atoms with Gasteiger partial charge in [-0.25, -0.2) is 0 Å². The molecule has 0 aliphatic carbocycles. The minimum atomic E-state index is -1.66. The fraction of sp³-hybridized carbons (Fsp3) is 0.571. The van der Waals surface area contributed by atoms with Gasteiger partial charge in [-0.05, 0) is 12.1 Å². The summed E-state index contributed by atoms with van der Waals surface area (Å²) < 4.78 is 5.05. The van der Waals surface area contributed by atoms with Crippen LogP contribution in [0.1, 0.15) is 21.1 Å². The lowest BCUT2D eigenvalue weighted by Gasteiger charge is -2.28. The number of furan rings is 1. The van der Waals surface area contributed by atoms with Gasteiger partial charge in [0.2, 0.25) is 0 Å². The Labute approximate surface area is 142 Å². The summed E-state index contributed by atoms with van der Waals surface area (Å²) >= 11 is 0. The van der Waals surface area contributed by atoms with Crippen molar-refractivity contribution in [3.63, 3.8) is 0 Å². The molecule has 0 bridgehead atoms. The smallest absolute Gasteiger partial charge is 0.287 e. The van der Waals surface area contributed by atoms with Crippen molar-refractivity contribution in [2.24, 2.45) is 0 Å². The maximum absolute atomic E-state index is 12.0. The number of carbonyl (C=O) groups excluding carboxylic acids is 2. The Morgan fingerprint density at radius 3 is 1.24 bits per heavy atom. The molecule has 0 radical (unpaired) electrons. The normalized spacial score (nSPS) is 12.1. The Balaban J connectivity index is 2.88. The van der Waals surface area contributed by atoms with Gasteiger partial charge in [-0.15, -0.1) is 0 Å². The number of aliphatic hydroxyl groups is 6. The largest absolute Gasteiger partial charge is 0.446 e. The molecule has 0 spiro atoms. The first kappa shape index (κ1) is 21.0. The molecule has 0 atom stereocenters. The van der Waals surface area contributed by atoms with Crippen LogP contribution in [0.4, 0.5) is 0 Å². The van der Waals surface area contributed by atoms with Crippen LogP contribution >= 0.6 is 0 Å². The summed E-state index contributed by atoms with van der Waals surface area (Å²) in [5, 5.41) is 59.4. The molecule has 1 heterocycles. The first-order valence-corrected chi connectivity index (χ1v) is 7.25. The first-order valence-electron chi connectivity index (χ1n) is 7.25. The number of carbonyl (C=O) groups is 2. The quantitative estimate of drug-likeness (QED) is 0.206. The molecule has 0 fully saturated rings. The molecule has 0 unspecified atom stereocenters.